The highest BCUT2D eigenvalue weighted by Gasteiger charge is 2.19. The molecule has 1 aliphatic rings. The van der Waals surface area contributed by atoms with Gasteiger partial charge in [0.25, 0.3) is 0 Å². The largest absolute Gasteiger partial charge is 0.294 e. The van der Waals surface area contributed by atoms with Gasteiger partial charge in [0.2, 0.25) is 0 Å². The molecule has 3 rings (SSSR count). The number of hydrogen-bond donors (Lipinski definition) is 0. The quantitative estimate of drug-likeness (QED) is 0.843. The molecule has 0 saturated heterocycles. The Labute approximate surface area is 116 Å². The zero-order valence-corrected chi connectivity index (χ0v) is 11.2. The molecule has 0 fully saturated rings. The van der Waals surface area contributed by atoms with E-state index in [2.05, 4.69) is 14.9 Å². The second kappa shape index (κ2) is 5.25. The third kappa shape index (κ3) is 2.67. The van der Waals surface area contributed by atoms with E-state index in [1.54, 1.807) is 0 Å². The molecule has 2 aromatic rings. The first kappa shape index (κ1) is 13.1. The van der Waals surface area contributed by atoms with Crippen molar-refractivity contribution in [3.8, 4) is 0 Å². The molecule has 1 aliphatic heterocycles. The average molecular weight is 275 g/mol. The van der Waals surface area contributed by atoms with Crippen LogP contribution in [0.4, 0.5) is 8.78 Å². The molecule has 0 radical (unpaired) electrons. The third-order valence-corrected chi connectivity index (χ3v) is 3.54. The molecular formula is C15H15F2N3. The van der Waals surface area contributed by atoms with E-state index in [0.29, 0.717) is 18.7 Å². The lowest BCUT2D eigenvalue weighted by Crippen LogP contribution is -2.31. The normalized spacial score (nSPS) is 15.2. The molecule has 0 saturated carbocycles. The van der Waals surface area contributed by atoms with E-state index in [-0.39, 0.29) is 5.82 Å². The van der Waals surface area contributed by atoms with Crippen molar-refractivity contribution >= 4 is 0 Å². The summed E-state index contributed by atoms with van der Waals surface area (Å²) in [5.41, 5.74) is 2.52. The van der Waals surface area contributed by atoms with Crippen LogP contribution in [0, 0.1) is 18.6 Å². The molecule has 1 aromatic carbocycles. The van der Waals surface area contributed by atoms with Crippen molar-refractivity contribution < 1.29 is 8.78 Å². The van der Waals surface area contributed by atoms with Gasteiger partial charge in [0.05, 0.1) is 0 Å². The molecule has 0 bridgehead atoms. The van der Waals surface area contributed by atoms with E-state index in [1.807, 2.05) is 13.1 Å². The van der Waals surface area contributed by atoms with Crippen molar-refractivity contribution in [3.63, 3.8) is 0 Å². The standard InChI is InChI=1S/C15H15F2N3/c1-10-18-7-12-9-20(5-4-15(12)19-10)8-11-6-13(16)2-3-14(11)17/h2-3,6-7H,4-5,8-9H2,1H3. The zero-order valence-electron chi connectivity index (χ0n) is 11.2. The number of fused-ring (bicyclic) bond motifs is 1. The second-order valence-electron chi connectivity index (χ2n) is 5.09. The highest BCUT2D eigenvalue weighted by atomic mass is 19.1. The first-order valence-corrected chi connectivity index (χ1v) is 6.59. The summed E-state index contributed by atoms with van der Waals surface area (Å²) in [7, 11) is 0. The SMILES string of the molecule is Cc1ncc2c(n1)CCN(Cc1cc(F)ccc1F)C2. The van der Waals surface area contributed by atoms with Gasteiger partial charge in [-0.3, -0.25) is 4.90 Å². The van der Waals surface area contributed by atoms with Crippen molar-refractivity contribution in [2.24, 2.45) is 0 Å². The summed E-state index contributed by atoms with van der Waals surface area (Å²) in [4.78, 5) is 10.7. The van der Waals surface area contributed by atoms with E-state index in [0.717, 1.165) is 36.1 Å². The summed E-state index contributed by atoms with van der Waals surface area (Å²) >= 11 is 0. The fourth-order valence-corrected chi connectivity index (χ4v) is 2.51. The lowest BCUT2D eigenvalue weighted by Gasteiger charge is -2.28. The Morgan fingerprint density at radius 2 is 2.15 bits per heavy atom. The van der Waals surface area contributed by atoms with Gasteiger partial charge in [-0.05, 0) is 25.1 Å². The number of rotatable bonds is 2. The molecule has 2 heterocycles. The molecule has 0 N–H and O–H groups in total. The number of nitrogens with zero attached hydrogens (tertiary/aromatic N) is 3. The van der Waals surface area contributed by atoms with Crippen molar-refractivity contribution in [2.75, 3.05) is 6.54 Å². The topological polar surface area (TPSA) is 29.0 Å². The van der Waals surface area contributed by atoms with Gasteiger partial charge < -0.3 is 0 Å². The van der Waals surface area contributed by atoms with Crippen LogP contribution in [-0.4, -0.2) is 21.4 Å². The Bertz CT molecular complexity index is 643. The van der Waals surface area contributed by atoms with Crippen molar-refractivity contribution in [3.05, 3.63) is 58.7 Å². The van der Waals surface area contributed by atoms with Crippen LogP contribution in [0.1, 0.15) is 22.6 Å². The lowest BCUT2D eigenvalue weighted by molar-refractivity contribution is 0.239. The van der Waals surface area contributed by atoms with Gasteiger partial charge in [-0.1, -0.05) is 0 Å². The summed E-state index contributed by atoms with van der Waals surface area (Å²) in [6.07, 6.45) is 2.64. The van der Waals surface area contributed by atoms with Crippen LogP contribution < -0.4 is 0 Å². The molecule has 0 aliphatic carbocycles. The monoisotopic (exact) mass is 275 g/mol. The van der Waals surface area contributed by atoms with E-state index >= 15 is 0 Å². The lowest BCUT2D eigenvalue weighted by atomic mass is 10.1. The van der Waals surface area contributed by atoms with Crippen molar-refractivity contribution in [1.82, 2.24) is 14.9 Å². The maximum Gasteiger partial charge on any atom is 0.127 e. The Kier molecular flexibility index (Phi) is 3.44. The second-order valence-corrected chi connectivity index (χ2v) is 5.09. The van der Waals surface area contributed by atoms with Gasteiger partial charge in [-0.25, -0.2) is 18.7 Å². The van der Waals surface area contributed by atoms with Gasteiger partial charge in [-0.2, -0.15) is 0 Å². The fraction of sp³-hybridized carbons (Fsp3) is 0.333. The number of halogens is 2. The van der Waals surface area contributed by atoms with Gasteiger partial charge in [0, 0.05) is 49.1 Å². The maximum atomic E-state index is 13.7. The smallest absolute Gasteiger partial charge is 0.127 e. The van der Waals surface area contributed by atoms with E-state index in [9.17, 15) is 8.78 Å². The van der Waals surface area contributed by atoms with E-state index in [1.165, 1.54) is 12.1 Å². The minimum atomic E-state index is -0.405. The number of benzene rings is 1. The summed E-state index contributed by atoms with van der Waals surface area (Å²) in [6.45, 7) is 3.73. The summed E-state index contributed by atoms with van der Waals surface area (Å²) in [6, 6.07) is 3.58. The van der Waals surface area contributed by atoms with Crippen LogP contribution in [0.5, 0.6) is 0 Å². The molecule has 104 valence electrons. The summed E-state index contributed by atoms with van der Waals surface area (Å²) in [5.74, 6) is 0.00324. The number of aryl methyl sites for hydroxylation is 1. The Balaban J connectivity index is 1.77. The average Bonchev–Trinajstić information content (AvgIpc) is 2.43. The molecule has 5 heteroatoms. The molecule has 0 atom stereocenters. The molecular weight excluding hydrogens is 260 g/mol. The minimum Gasteiger partial charge on any atom is -0.294 e. The van der Waals surface area contributed by atoms with Gasteiger partial charge in [0.15, 0.2) is 0 Å². The third-order valence-electron chi connectivity index (χ3n) is 3.54. The Morgan fingerprint density at radius 1 is 1.30 bits per heavy atom. The van der Waals surface area contributed by atoms with Crippen LogP contribution in [-0.2, 0) is 19.5 Å². The molecule has 3 nitrogen and oxygen atoms in total. The zero-order chi connectivity index (χ0) is 14.1. The summed E-state index contributed by atoms with van der Waals surface area (Å²) in [5, 5.41) is 0. The number of aromatic nitrogens is 2. The van der Waals surface area contributed by atoms with Crippen LogP contribution in [0.3, 0.4) is 0 Å². The fourth-order valence-electron chi connectivity index (χ4n) is 2.51. The van der Waals surface area contributed by atoms with E-state index in [4.69, 9.17) is 0 Å². The van der Waals surface area contributed by atoms with Crippen molar-refractivity contribution in [2.45, 2.75) is 26.4 Å². The predicted molar refractivity (Wildman–Crippen MR) is 70.9 cm³/mol. The Morgan fingerprint density at radius 3 is 3.00 bits per heavy atom. The molecule has 1 aromatic heterocycles. The Hall–Kier alpha value is -1.88. The van der Waals surface area contributed by atoms with E-state index < -0.39 is 5.82 Å². The van der Waals surface area contributed by atoms with Crippen LogP contribution >= 0.6 is 0 Å². The van der Waals surface area contributed by atoms with Crippen LogP contribution in [0.25, 0.3) is 0 Å². The van der Waals surface area contributed by atoms with Gasteiger partial charge in [0.1, 0.15) is 17.5 Å². The van der Waals surface area contributed by atoms with Crippen LogP contribution in [0.2, 0.25) is 0 Å². The molecule has 20 heavy (non-hydrogen) atoms. The van der Waals surface area contributed by atoms with Crippen molar-refractivity contribution in [1.29, 1.82) is 0 Å². The summed E-state index contributed by atoms with van der Waals surface area (Å²) < 4.78 is 26.8. The van der Waals surface area contributed by atoms with Gasteiger partial charge in [-0.15, -0.1) is 0 Å². The van der Waals surface area contributed by atoms with Crippen LogP contribution in [0.15, 0.2) is 24.4 Å². The predicted octanol–water partition coefficient (Wildman–Crippen LogP) is 2.62. The first-order chi connectivity index (χ1) is 9.61. The number of hydrogen-bond acceptors (Lipinski definition) is 3. The van der Waals surface area contributed by atoms with Gasteiger partial charge >= 0.3 is 0 Å². The maximum absolute atomic E-state index is 13.7. The molecule has 0 unspecified atom stereocenters. The minimum absolute atomic E-state index is 0.364. The highest BCUT2D eigenvalue weighted by Crippen LogP contribution is 2.20. The highest BCUT2D eigenvalue weighted by molar-refractivity contribution is 5.22. The first-order valence-electron chi connectivity index (χ1n) is 6.59. The molecule has 0 spiro atoms. The molecule has 0 amide bonds.